The summed E-state index contributed by atoms with van der Waals surface area (Å²) in [5.41, 5.74) is 4.24. The Morgan fingerprint density at radius 1 is 1.73 bits per heavy atom. The fourth-order valence-electron chi connectivity index (χ4n) is 1.55. The summed E-state index contributed by atoms with van der Waals surface area (Å²) in [5, 5.41) is 0. The molecule has 0 amide bonds. The van der Waals surface area contributed by atoms with Gasteiger partial charge in [-0.05, 0) is 19.4 Å². The van der Waals surface area contributed by atoms with Gasteiger partial charge in [0.1, 0.15) is 0 Å². The summed E-state index contributed by atoms with van der Waals surface area (Å²) in [7, 11) is 0. The topological polar surface area (TPSA) is 30.5 Å². The molecule has 2 atom stereocenters. The Bertz CT molecular complexity index is 202. The molecule has 0 aliphatic carbocycles. The molecule has 11 heavy (non-hydrogen) atoms. The third kappa shape index (κ3) is 0.922. The first-order chi connectivity index (χ1) is 5.23. The van der Waals surface area contributed by atoms with Crippen molar-refractivity contribution in [2.75, 3.05) is 13.2 Å². The van der Waals surface area contributed by atoms with Crippen LogP contribution < -0.4 is 5.48 Å². The van der Waals surface area contributed by atoms with Gasteiger partial charge in [0, 0.05) is 0 Å². The monoisotopic (exact) mass is 155 g/mol. The first kappa shape index (κ1) is 7.28. The van der Waals surface area contributed by atoms with E-state index in [2.05, 4.69) is 25.4 Å². The quantitative estimate of drug-likeness (QED) is 0.520. The maximum absolute atomic E-state index is 5.49. The van der Waals surface area contributed by atoms with E-state index >= 15 is 0 Å². The highest BCUT2D eigenvalue weighted by Crippen LogP contribution is 2.32. The molecule has 1 saturated heterocycles. The van der Waals surface area contributed by atoms with E-state index in [9.17, 15) is 0 Å². The number of nitrogens with one attached hydrogen (secondary N) is 1. The van der Waals surface area contributed by atoms with Crippen molar-refractivity contribution >= 4 is 0 Å². The van der Waals surface area contributed by atoms with Crippen molar-refractivity contribution in [3.8, 4) is 0 Å². The second-order valence-electron chi connectivity index (χ2n) is 3.30. The van der Waals surface area contributed by atoms with E-state index in [0.717, 1.165) is 6.61 Å². The molecule has 0 radical (unpaired) electrons. The van der Waals surface area contributed by atoms with Gasteiger partial charge >= 0.3 is 0 Å². The fraction of sp³-hybridized carbons (Fsp3) is 0.750. The zero-order valence-corrected chi connectivity index (χ0v) is 6.89. The van der Waals surface area contributed by atoms with Crippen LogP contribution in [0.5, 0.6) is 0 Å². The molecule has 0 aromatic heterocycles. The largest absolute Gasteiger partial charge is 0.372 e. The number of rotatable bonds is 0. The second kappa shape index (κ2) is 2.30. The van der Waals surface area contributed by atoms with Crippen LogP contribution in [0.4, 0.5) is 0 Å². The molecular weight excluding hydrogens is 142 g/mol. The van der Waals surface area contributed by atoms with Crippen LogP contribution in [-0.4, -0.2) is 24.9 Å². The van der Waals surface area contributed by atoms with E-state index in [-0.39, 0.29) is 11.6 Å². The van der Waals surface area contributed by atoms with Crippen LogP contribution in [0.1, 0.15) is 13.8 Å². The molecule has 1 fully saturated rings. The van der Waals surface area contributed by atoms with Crippen molar-refractivity contribution in [1.29, 1.82) is 0 Å². The summed E-state index contributed by atoms with van der Waals surface area (Å²) in [6, 6.07) is 0. The standard InChI is InChI=1S/C8H13NO2/c1-6-8(2)7(5-10-6)3-4-11-9-8/h3,6,9H,4-5H2,1-2H3/t6-,8-/m1/s1. The zero-order chi connectivity index (χ0) is 7.90. The van der Waals surface area contributed by atoms with Crippen molar-refractivity contribution in [2.24, 2.45) is 0 Å². The Balaban J connectivity index is 2.32. The number of hydrogen-bond donors (Lipinski definition) is 1. The van der Waals surface area contributed by atoms with Crippen LogP contribution in [0, 0.1) is 0 Å². The van der Waals surface area contributed by atoms with E-state index in [0.29, 0.717) is 6.61 Å². The number of fused-ring (bicyclic) bond motifs is 1. The molecule has 3 heteroatoms. The second-order valence-corrected chi connectivity index (χ2v) is 3.30. The van der Waals surface area contributed by atoms with Crippen LogP contribution >= 0.6 is 0 Å². The highest BCUT2D eigenvalue weighted by Gasteiger charge is 2.43. The van der Waals surface area contributed by atoms with Crippen molar-refractivity contribution in [3.63, 3.8) is 0 Å². The average Bonchev–Trinajstić information content (AvgIpc) is 2.29. The maximum atomic E-state index is 5.49. The van der Waals surface area contributed by atoms with E-state index in [1.54, 1.807) is 0 Å². The SMILES string of the molecule is C[C@H]1OCC2=CCON[C@@]21C. The molecule has 0 unspecified atom stereocenters. The molecule has 0 saturated carbocycles. The van der Waals surface area contributed by atoms with E-state index in [1.165, 1.54) is 5.57 Å². The Labute approximate surface area is 66.3 Å². The van der Waals surface area contributed by atoms with Gasteiger partial charge in [0.25, 0.3) is 0 Å². The van der Waals surface area contributed by atoms with Gasteiger partial charge in [0.2, 0.25) is 0 Å². The molecule has 0 spiro atoms. The Morgan fingerprint density at radius 3 is 3.27 bits per heavy atom. The lowest BCUT2D eigenvalue weighted by Crippen LogP contribution is -2.51. The molecule has 0 bridgehead atoms. The minimum Gasteiger partial charge on any atom is -0.372 e. The highest BCUT2D eigenvalue weighted by molar-refractivity contribution is 5.26. The normalized spacial score (nSPS) is 43.5. The smallest absolute Gasteiger partial charge is 0.0894 e. The molecule has 0 aromatic carbocycles. The van der Waals surface area contributed by atoms with Crippen molar-refractivity contribution < 1.29 is 9.57 Å². The van der Waals surface area contributed by atoms with Crippen molar-refractivity contribution in [1.82, 2.24) is 5.48 Å². The van der Waals surface area contributed by atoms with Crippen LogP contribution in [-0.2, 0) is 9.57 Å². The fourth-order valence-corrected chi connectivity index (χ4v) is 1.55. The summed E-state index contributed by atoms with van der Waals surface area (Å²) in [6.45, 7) is 5.56. The molecule has 3 nitrogen and oxygen atoms in total. The van der Waals surface area contributed by atoms with E-state index in [1.807, 2.05) is 0 Å². The molecule has 2 rings (SSSR count). The van der Waals surface area contributed by atoms with Crippen LogP contribution in [0.3, 0.4) is 0 Å². The van der Waals surface area contributed by atoms with E-state index in [4.69, 9.17) is 9.57 Å². The van der Waals surface area contributed by atoms with Gasteiger partial charge in [-0.3, -0.25) is 4.84 Å². The van der Waals surface area contributed by atoms with Crippen LogP contribution in [0.2, 0.25) is 0 Å². The average molecular weight is 155 g/mol. The zero-order valence-electron chi connectivity index (χ0n) is 6.89. The van der Waals surface area contributed by atoms with Crippen LogP contribution in [0.15, 0.2) is 11.6 Å². The number of hydrogen-bond acceptors (Lipinski definition) is 3. The Kier molecular flexibility index (Phi) is 1.52. The predicted octanol–water partition coefficient (Wildman–Crippen LogP) is 0.625. The highest BCUT2D eigenvalue weighted by atomic mass is 16.7. The predicted molar refractivity (Wildman–Crippen MR) is 41.0 cm³/mol. The van der Waals surface area contributed by atoms with Gasteiger partial charge in [0.15, 0.2) is 0 Å². The van der Waals surface area contributed by atoms with Gasteiger partial charge in [-0.2, -0.15) is 5.48 Å². The van der Waals surface area contributed by atoms with Crippen LogP contribution in [0.25, 0.3) is 0 Å². The molecule has 2 aliphatic heterocycles. The summed E-state index contributed by atoms with van der Waals surface area (Å²) >= 11 is 0. The lowest BCUT2D eigenvalue weighted by atomic mass is 9.90. The van der Waals surface area contributed by atoms with Gasteiger partial charge < -0.3 is 4.74 Å². The molecule has 0 aromatic rings. The molecule has 2 aliphatic rings. The van der Waals surface area contributed by atoms with Crippen molar-refractivity contribution in [3.05, 3.63) is 11.6 Å². The number of hydroxylamine groups is 1. The first-order valence-corrected chi connectivity index (χ1v) is 3.93. The molecule has 62 valence electrons. The maximum Gasteiger partial charge on any atom is 0.0894 e. The molecule has 1 N–H and O–H groups in total. The summed E-state index contributed by atoms with van der Waals surface area (Å²) in [5.74, 6) is 0. The van der Waals surface area contributed by atoms with Crippen molar-refractivity contribution in [2.45, 2.75) is 25.5 Å². The van der Waals surface area contributed by atoms with Gasteiger partial charge in [0.05, 0.1) is 24.9 Å². The van der Waals surface area contributed by atoms with E-state index < -0.39 is 0 Å². The van der Waals surface area contributed by atoms with Gasteiger partial charge in [-0.1, -0.05) is 6.08 Å². The Hall–Kier alpha value is -0.380. The summed E-state index contributed by atoms with van der Waals surface area (Å²) < 4.78 is 5.49. The third-order valence-electron chi connectivity index (χ3n) is 2.67. The van der Waals surface area contributed by atoms with Gasteiger partial charge in [-0.25, -0.2) is 0 Å². The molecule has 2 heterocycles. The lowest BCUT2D eigenvalue weighted by Gasteiger charge is -2.32. The summed E-state index contributed by atoms with van der Waals surface area (Å²) in [6.07, 6.45) is 2.30. The number of ether oxygens (including phenoxy) is 1. The third-order valence-corrected chi connectivity index (χ3v) is 2.67. The minimum atomic E-state index is -0.0851. The minimum absolute atomic E-state index is 0.0851. The first-order valence-electron chi connectivity index (χ1n) is 3.93. The van der Waals surface area contributed by atoms with Gasteiger partial charge in [-0.15, -0.1) is 0 Å². The molecular formula is C8H13NO2. The summed E-state index contributed by atoms with van der Waals surface area (Å²) in [4.78, 5) is 5.15. The lowest BCUT2D eigenvalue weighted by molar-refractivity contribution is -0.0307. The Morgan fingerprint density at radius 2 is 2.55 bits per heavy atom.